The Hall–Kier alpha value is -2.27. The van der Waals surface area contributed by atoms with Crippen LogP contribution in [-0.4, -0.2) is 27.3 Å². The van der Waals surface area contributed by atoms with Crippen LogP contribution >= 0.6 is 11.8 Å². The lowest BCUT2D eigenvalue weighted by Gasteiger charge is -2.10. The lowest BCUT2D eigenvalue weighted by atomic mass is 10.3. The fourth-order valence-electron chi connectivity index (χ4n) is 2.42. The molecule has 3 rings (SSSR count). The van der Waals surface area contributed by atoms with E-state index in [9.17, 15) is 4.79 Å². The van der Waals surface area contributed by atoms with Crippen molar-refractivity contribution in [3.8, 4) is 5.69 Å². The Balaban J connectivity index is 1.95. The molecule has 0 atom stereocenters. The number of hydrogen-bond acceptors (Lipinski definition) is 3. The maximum absolute atomic E-state index is 11.9. The van der Waals surface area contributed by atoms with Crippen LogP contribution in [0.2, 0.25) is 0 Å². The summed E-state index contributed by atoms with van der Waals surface area (Å²) in [6.07, 6.45) is 0. The molecule has 0 aliphatic carbocycles. The largest absolute Gasteiger partial charge is 0.353 e. The second kappa shape index (κ2) is 6.87. The lowest BCUT2D eigenvalue weighted by molar-refractivity contribution is -0.119. The van der Waals surface area contributed by atoms with E-state index in [1.807, 2.05) is 68.4 Å². The molecule has 2 aromatic carbocycles. The first-order chi connectivity index (χ1) is 11.1. The molecule has 3 aromatic rings. The molecule has 0 radical (unpaired) electrons. The van der Waals surface area contributed by atoms with E-state index in [1.165, 1.54) is 11.8 Å². The van der Waals surface area contributed by atoms with Gasteiger partial charge in [-0.1, -0.05) is 42.1 Å². The Morgan fingerprint density at radius 2 is 1.83 bits per heavy atom. The average Bonchev–Trinajstić information content (AvgIpc) is 2.91. The number of hydrogen-bond donors (Lipinski definition) is 1. The van der Waals surface area contributed by atoms with Crippen molar-refractivity contribution in [2.24, 2.45) is 0 Å². The van der Waals surface area contributed by atoms with Crippen LogP contribution in [0.5, 0.6) is 0 Å². The molecular weight excluding hydrogens is 306 g/mol. The molecule has 0 spiro atoms. The van der Waals surface area contributed by atoms with Crippen molar-refractivity contribution in [1.29, 1.82) is 0 Å². The van der Waals surface area contributed by atoms with Gasteiger partial charge in [0.2, 0.25) is 5.91 Å². The number of nitrogens with zero attached hydrogens (tertiary/aromatic N) is 2. The summed E-state index contributed by atoms with van der Waals surface area (Å²) in [6.45, 7) is 3.92. The molecule has 118 valence electrons. The number of benzene rings is 2. The maximum atomic E-state index is 11.9. The van der Waals surface area contributed by atoms with E-state index in [2.05, 4.69) is 14.9 Å². The zero-order chi connectivity index (χ0) is 16.2. The van der Waals surface area contributed by atoms with E-state index >= 15 is 0 Å². The Kier molecular flexibility index (Phi) is 4.67. The second-order valence-electron chi connectivity index (χ2n) is 5.56. The van der Waals surface area contributed by atoms with Gasteiger partial charge in [0.15, 0.2) is 5.16 Å². The number of thioether (sulfide) groups is 1. The fourth-order valence-corrected chi connectivity index (χ4v) is 3.26. The number of imidazole rings is 1. The van der Waals surface area contributed by atoms with Gasteiger partial charge >= 0.3 is 0 Å². The molecule has 0 aliphatic rings. The highest BCUT2D eigenvalue weighted by atomic mass is 32.2. The Bertz CT molecular complexity index is 812. The zero-order valence-electron chi connectivity index (χ0n) is 13.2. The minimum atomic E-state index is 0.0247. The molecule has 0 bridgehead atoms. The second-order valence-corrected chi connectivity index (χ2v) is 6.51. The summed E-state index contributed by atoms with van der Waals surface area (Å²) in [4.78, 5) is 16.6. The number of carbonyl (C=O) groups excluding carboxylic acids is 1. The van der Waals surface area contributed by atoms with Crippen LogP contribution in [0.1, 0.15) is 13.8 Å². The van der Waals surface area contributed by atoms with Crippen LogP contribution in [0.4, 0.5) is 0 Å². The molecule has 5 heteroatoms. The van der Waals surface area contributed by atoms with E-state index in [0.717, 1.165) is 21.9 Å². The predicted molar refractivity (Wildman–Crippen MR) is 95.1 cm³/mol. The van der Waals surface area contributed by atoms with Gasteiger partial charge in [-0.2, -0.15) is 0 Å². The predicted octanol–water partition coefficient (Wildman–Crippen LogP) is 3.64. The van der Waals surface area contributed by atoms with Gasteiger partial charge in [0.05, 0.1) is 16.8 Å². The average molecular weight is 325 g/mol. The van der Waals surface area contributed by atoms with Gasteiger partial charge < -0.3 is 5.32 Å². The van der Waals surface area contributed by atoms with E-state index in [4.69, 9.17) is 0 Å². The molecular formula is C18H19N3OS. The SMILES string of the molecule is CC(C)NC(=O)CSc1nc2ccccc2n1-c1ccccc1. The summed E-state index contributed by atoms with van der Waals surface area (Å²) in [5, 5.41) is 3.74. The van der Waals surface area contributed by atoms with Gasteiger partial charge in [-0.3, -0.25) is 9.36 Å². The van der Waals surface area contributed by atoms with Gasteiger partial charge in [0, 0.05) is 11.7 Å². The number of nitrogens with one attached hydrogen (secondary N) is 1. The molecule has 0 saturated carbocycles. The van der Waals surface area contributed by atoms with Crippen LogP contribution in [0.3, 0.4) is 0 Å². The quantitative estimate of drug-likeness (QED) is 0.729. The normalized spacial score (nSPS) is 11.1. The van der Waals surface area contributed by atoms with Crippen LogP contribution in [0.25, 0.3) is 16.7 Å². The molecule has 0 fully saturated rings. The number of para-hydroxylation sites is 3. The van der Waals surface area contributed by atoms with Crippen molar-refractivity contribution >= 4 is 28.7 Å². The van der Waals surface area contributed by atoms with Crippen LogP contribution in [0.15, 0.2) is 59.8 Å². The molecule has 0 unspecified atom stereocenters. The zero-order valence-corrected chi connectivity index (χ0v) is 14.0. The van der Waals surface area contributed by atoms with Crippen molar-refractivity contribution in [2.45, 2.75) is 25.0 Å². The Morgan fingerprint density at radius 3 is 2.57 bits per heavy atom. The molecule has 0 saturated heterocycles. The lowest BCUT2D eigenvalue weighted by Crippen LogP contribution is -2.31. The molecule has 1 heterocycles. The van der Waals surface area contributed by atoms with Gasteiger partial charge in [-0.15, -0.1) is 0 Å². The van der Waals surface area contributed by atoms with Crippen molar-refractivity contribution in [1.82, 2.24) is 14.9 Å². The summed E-state index contributed by atoms with van der Waals surface area (Å²) in [6, 6.07) is 18.3. The van der Waals surface area contributed by atoms with E-state index < -0.39 is 0 Å². The summed E-state index contributed by atoms with van der Waals surface area (Å²) in [5.74, 6) is 0.380. The summed E-state index contributed by atoms with van der Waals surface area (Å²) < 4.78 is 2.10. The Morgan fingerprint density at radius 1 is 1.13 bits per heavy atom. The molecule has 1 amide bonds. The van der Waals surface area contributed by atoms with Crippen molar-refractivity contribution < 1.29 is 4.79 Å². The minimum absolute atomic E-state index is 0.0247. The van der Waals surface area contributed by atoms with E-state index in [0.29, 0.717) is 5.75 Å². The molecule has 1 aromatic heterocycles. The smallest absolute Gasteiger partial charge is 0.230 e. The van der Waals surface area contributed by atoms with Gasteiger partial charge in [-0.05, 0) is 38.1 Å². The van der Waals surface area contributed by atoms with Crippen molar-refractivity contribution in [3.63, 3.8) is 0 Å². The third kappa shape index (κ3) is 3.56. The third-order valence-electron chi connectivity index (χ3n) is 3.33. The van der Waals surface area contributed by atoms with Crippen LogP contribution in [0, 0.1) is 0 Å². The van der Waals surface area contributed by atoms with E-state index in [-0.39, 0.29) is 11.9 Å². The number of aromatic nitrogens is 2. The van der Waals surface area contributed by atoms with E-state index in [1.54, 1.807) is 0 Å². The highest BCUT2D eigenvalue weighted by Crippen LogP contribution is 2.27. The number of carbonyl (C=O) groups is 1. The molecule has 4 nitrogen and oxygen atoms in total. The minimum Gasteiger partial charge on any atom is -0.353 e. The maximum Gasteiger partial charge on any atom is 0.230 e. The summed E-state index contributed by atoms with van der Waals surface area (Å²) in [7, 11) is 0. The first kappa shape index (κ1) is 15.6. The fraction of sp³-hybridized carbons (Fsp3) is 0.222. The number of rotatable bonds is 5. The monoisotopic (exact) mass is 325 g/mol. The van der Waals surface area contributed by atoms with Crippen LogP contribution in [-0.2, 0) is 4.79 Å². The van der Waals surface area contributed by atoms with Crippen molar-refractivity contribution in [2.75, 3.05) is 5.75 Å². The first-order valence-corrected chi connectivity index (χ1v) is 8.59. The Labute approximate surface area is 139 Å². The standard InChI is InChI=1S/C18H19N3OS/c1-13(2)19-17(22)12-23-18-20-15-10-6-7-11-16(15)21(18)14-8-4-3-5-9-14/h3-11,13H,12H2,1-2H3,(H,19,22). The number of fused-ring (bicyclic) bond motifs is 1. The first-order valence-electron chi connectivity index (χ1n) is 7.60. The topological polar surface area (TPSA) is 46.9 Å². The van der Waals surface area contributed by atoms with Gasteiger partial charge in [-0.25, -0.2) is 4.98 Å². The highest BCUT2D eigenvalue weighted by Gasteiger charge is 2.14. The van der Waals surface area contributed by atoms with Crippen molar-refractivity contribution in [3.05, 3.63) is 54.6 Å². The molecule has 23 heavy (non-hydrogen) atoms. The third-order valence-corrected chi connectivity index (χ3v) is 4.27. The summed E-state index contributed by atoms with van der Waals surface area (Å²) in [5.41, 5.74) is 3.03. The molecule has 1 N–H and O–H groups in total. The van der Waals surface area contributed by atoms with Gasteiger partial charge in [0.1, 0.15) is 0 Å². The summed E-state index contributed by atoms with van der Waals surface area (Å²) >= 11 is 1.46. The molecule has 0 aliphatic heterocycles. The number of amides is 1. The van der Waals surface area contributed by atoms with Gasteiger partial charge in [0.25, 0.3) is 0 Å². The van der Waals surface area contributed by atoms with Crippen LogP contribution < -0.4 is 5.32 Å². The highest BCUT2D eigenvalue weighted by molar-refractivity contribution is 7.99.